The van der Waals surface area contributed by atoms with Crippen molar-refractivity contribution in [2.45, 2.75) is 18.9 Å². The Balaban J connectivity index is 2.02. The molecule has 15 heavy (non-hydrogen) atoms. The van der Waals surface area contributed by atoms with Gasteiger partial charge in [0.25, 0.3) is 0 Å². The highest BCUT2D eigenvalue weighted by molar-refractivity contribution is 5.36. The van der Waals surface area contributed by atoms with Crippen LogP contribution in [0.15, 0.2) is 18.5 Å². The van der Waals surface area contributed by atoms with Crippen molar-refractivity contribution in [2.75, 3.05) is 20.2 Å². The predicted molar refractivity (Wildman–Crippen MR) is 57.3 cm³/mol. The van der Waals surface area contributed by atoms with Crippen LogP contribution < -0.4 is 14.8 Å². The number of rotatable bonds is 3. The Kier molecular flexibility index (Phi) is 3.40. The van der Waals surface area contributed by atoms with Crippen molar-refractivity contribution in [3.05, 3.63) is 18.5 Å². The monoisotopic (exact) mass is 208 g/mol. The van der Waals surface area contributed by atoms with E-state index in [1.54, 1.807) is 19.5 Å². The number of nitrogens with zero attached hydrogens (tertiary/aromatic N) is 1. The first-order valence-electron chi connectivity index (χ1n) is 5.25. The van der Waals surface area contributed by atoms with Gasteiger partial charge in [-0.3, -0.25) is 4.98 Å². The molecule has 0 bridgehead atoms. The summed E-state index contributed by atoms with van der Waals surface area (Å²) in [6.45, 7) is 2.04. The van der Waals surface area contributed by atoms with Gasteiger partial charge in [0.2, 0.25) is 0 Å². The van der Waals surface area contributed by atoms with E-state index in [2.05, 4.69) is 10.3 Å². The summed E-state index contributed by atoms with van der Waals surface area (Å²) >= 11 is 0. The van der Waals surface area contributed by atoms with Crippen LogP contribution in [0.4, 0.5) is 0 Å². The molecule has 0 radical (unpaired) electrons. The first-order chi connectivity index (χ1) is 7.40. The molecule has 4 heteroatoms. The van der Waals surface area contributed by atoms with Gasteiger partial charge in [0.1, 0.15) is 6.10 Å². The molecule has 82 valence electrons. The molecule has 0 atom stereocenters. The number of ether oxygens (including phenoxy) is 2. The maximum absolute atomic E-state index is 5.85. The molecule has 0 spiro atoms. The third-order valence-corrected chi connectivity index (χ3v) is 2.55. The number of pyridine rings is 1. The molecule has 0 saturated carbocycles. The molecule has 1 aliphatic heterocycles. The Bertz CT molecular complexity index is 311. The molecule has 4 nitrogen and oxygen atoms in total. The number of piperidine rings is 1. The Hall–Kier alpha value is -1.29. The Labute approximate surface area is 89.6 Å². The van der Waals surface area contributed by atoms with E-state index in [-0.39, 0.29) is 6.10 Å². The Morgan fingerprint density at radius 3 is 2.87 bits per heavy atom. The summed E-state index contributed by atoms with van der Waals surface area (Å²) in [5.74, 6) is 1.50. The first kappa shape index (κ1) is 10.2. The molecule has 1 fully saturated rings. The van der Waals surface area contributed by atoms with E-state index >= 15 is 0 Å². The SMILES string of the molecule is COc1ccncc1OC1CCNCC1. The van der Waals surface area contributed by atoms with Gasteiger partial charge in [0.15, 0.2) is 11.5 Å². The molecule has 1 N–H and O–H groups in total. The lowest BCUT2D eigenvalue weighted by Crippen LogP contribution is -2.34. The van der Waals surface area contributed by atoms with Crippen molar-refractivity contribution in [3.8, 4) is 11.5 Å². The van der Waals surface area contributed by atoms with E-state index in [9.17, 15) is 0 Å². The van der Waals surface area contributed by atoms with Gasteiger partial charge in [-0.15, -0.1) is 0 Å². The standard InChI is InChI=1S/C11H16N2O2/c1-14-10-4-7-13-8-11(10)15-9-2-5-12-6-3-9/h4,7-9,12H,2-3,5-6H2,1H3. The zero-order valence-electron chi connectivity index (χ0n) is 8.90. The molecule has 0 aromatic carbocycles. The van der Waals surface area contributed by atoms with Crippen molar-refractivity contribution >= 4 is 0 Å². The minimum Gasteiger partial charge on any atom is -0.493 e. The number of nitrogens with one attached hydrogen (secondary N) is 1. The molecule has 1 aromatic rings. The smallest absolute Gasteiger partial charge is 0.179 e. The second kappa shape index (κ2) is 4.98. The fraction of sp³-hybridized carbons (Fsp3) is 0.545. The maximum Gasteiger partial charge on any atom is 0.179 e. The van der Waals surface area contributed by atoms with Crippen molar-refractivity contribution < 1.29 is 9.47 Å². The van der Waals surface area contributed by atoms with Gasteiger partial charge >= 0.3 is 0 Å². The lowest BCUT2D eigenvalue weighted by atomic mass is 10.1. The zero-order valence-corrected chi connectivity index (χ0v) is 8.90. The average molecular weight is 208 g/mol. The third kappa shape index (κ3) is 2.59. The van der Waals surface area contributed by atoms with Crippen LogP contribution in [0.2, 0.25) is 0 Å². The number of hydrogen-bond donors (Lipinski definition) is 1. The maximum atomic E-state index is 5.85. The van der Waals surface area contributed by atoms with Crippen LogP contribution in [0, 0.1) is 0 Å². The first-order valence-corrected chi connectivity index (χ1v) is 5.25. The Morgan fingerprint density at radius 1 is 1.33 bits per heavy atom. The van der Waals surface area contributed by atoms with Crippen molar-refractivity contribution in [1.82, 2.24) is 10.3 Å². The molecule has 1 aliphatic rings. The predicted octanol–water partition coefficient (Wildman–Crippen LogP) is 1.22. The van der Waals surface area contributed by atoms with Gasteiger partial charge in [0, 0.05) is 12.3 Å². The number of aromatic nitrogens is 1. The Morgan fingerprint density at radius 2 is 2.13 bits per heavy atom. The molecular weight excluding hydrogens is 192 g/mol. The highest BCUT2D eigenvalue weighted by atomic mass is 16.5. The third-order valence-electron chi connectivity index (χ3n) is 2.55. The van der Waals surface area contributed by atoms with Crippen LogP contribution in [0.3, 0.4) is 0 Å². The van der Waals surface area contributed by atoms with Crippen molar-refractivity contribution in [2.24, 2.45) is 0 Å². The molecule has 0 unspecified atom stereocenters. The quantitative estimate of drug-likeness (QED) is 0.811. The summed E-state index contributed by atoms with van der Waals surface area (Å²) in [6.07, 6.45) is 5.77. The largest absolute Gasteiger partial charge is 0.493 e. The van der Waals surface area contributed by atoms with Crippen molar-refractivity contribution in [3.63, 3.8) is 0 Å². The second-order valence-electron chi connectivity index (χ2n) is 3.59. The topological polar surface area (TPSA) is 43.4 Å². The lowest BCUT2D eigenvalue weighted by Gasteiger charge is -2.24. The van der Waals surface area contributed by atoms with Gasteiger partial charge in [-0.2, -0.15) is 0 Å². The summed E-state index contributed by atoms with van der Waals surface area (Å²) in [4.78, 5) is 4.04. The normalized spacial score (nSPS) is 17.4. The van der Waals surface area contributed by atoms with Crippen LogP contribution in [0.25, 0.3) is 0 Å². The van der Waals surface area contributed by atoms with E-state index in [0.29, 0.717) is 0 Å². The fourth-order valence-electron chi connectivity index (χ4n) is 1.72. The molecule has 1 aromatic heterocycles. The fourth-order valence-corrected chi connectivity index (χ4v) is 1.72. The van der Waals surface area contributed by atoms with E-state index in [1.807, 2.05) is 6.07 Å². The minimum absolute atomic E-state index is 0.282. The van der Waals surface area contributed by atoms with Crippen LogP contribution in [-0.4, -0.2) is 31.3 Å². The van der Waals surface area contributed by atoms with Gasteiger partial charge in [0.05, 0.1) is 13.3 Å². The van der Waals surface area contributed by atoms with Gasteiger partial charge in [-0.05, 0) is 25.9 Å². The lowest BCUT2D eigenvalue weighted by molar-refractivity contribution is 0.156. The molecule has 0 aliphatic carbocycles. The highest BCUT2D eigenvalue weighted by Crippen LogP contribution is 2.27. The van der Waals surface area contributed by atoms with Crippen LogP contribution in [0.5, 0.6) is 11.5 Å². The van der Waals surface area contributed by atoms with Gasteiger partial charge in [-0.1, -0.05) is 0 Å². The molecule has 2 rings (SSSR count). The van der Waals surface area contributed by atoms with E-state index in [4.69, 9.17) is 9.47 Å². The average Bonchev–Trinajstić information content (AvgIpc) is 2.31. The number of methoxy groups -OCH3 is 1. The molecular formula is C11H16N2O2. The van der Waals surface area contributed by atoms with Crippen molar-refractivity contribution in [1.29, 1.82) is 0 Å². The summed E-state index contributed by atoms with van der Waals surface area (Å²) in [5, 5.41) is 3.30. The van der Waals surface area contributed by atoms with Crippen LogP contribution in [0.1, 0.15) is 12.8 Å². The van der Waals surface area contributed by atoms with E-state index < -0.39 is 0 Å². The van der Waals surface area contributed by atoms with E-state index in [1.165, 1.54) is 0 Å². The van der Waals surface area contributed by atoms with Gasteiger partial charge < -0.3 is 14.8 Å². The highest BCUT2D eigenvalue weighted by Gasteiger charge is 2.16. The second-order valence-corrected chi connectivity index (χ2v) is 3.59. The van der Waals surface area contributed by atoms with Gasteiger partial charge in [-0.25, -0.2) is 0 Å². The molecule has 0 amide bonds. The molecule has 2 heterocycles. The summed E-state index contributed by atoms with van der Waals surface area (Å²) in [6, 6.07) is 1.82. The number of hydrogen-bond acceptors (Lipinski definition) is 4. The minimum atomic E-state index is 0.282. The summed E-state index contributed by atoms with van der Waals surface area (Å²) in [5.41, 5.74) is 0. The molecule has 1 saturated heterocycles. The summed E-state index contributed by atoms with van der Waals surface area (Å²) < 4.78 is 11.1. The zero-order chi connectivity index (χ0) is 10.5. The van der Waals surface area contributed by atoms with Crippen LogP contribution in [-0.2, 0) is 0 Å². The van der Waals surface area contributed by atoms with E-state index in [0.717, 1.165) is 37.4 Å². The summed E-state index contributed by atoms with van der Waals surface area (Å²) in [7, 11) is 1.64. The van der Waals surface area contributed by atoms with Crippen LogP contribution >= 0.6 is 0 Å².